The first-order chi connectivity index (χ1) is 30.3. The van der Waals surface area contributed by atoms with E-state index in [9.17, 15) is 32.8 Å². The Hall–Kier alpha value is -5.55. The Kier molecular flexibility index (Phi) is 16.5. The highest BCUT2D eigenvalue weighted by atomic mass is 35.5. The van der Waals surface area contributed by atoms with E-state index < -0.39 is 23.4 Å². The van der Waals surface area contributed by atoms with E-state index in [4.69, 9.17) is 34.7 Å². The van der Waals surface area contributed by atoms with Gasteiger partial charge in [0, 0.05) is 112 Å². The lowest BCUT2D eigenvalue weighted by Gasteiger charge is -2.27. The van der Waals surface area contributed by atoms with E-state index >= 15 is 0 Å². The van der Waals surface area contributed by atoms with Crippen molar-refractivity contribution in [1.29, 1.82) is 0 Å². The van der Waals surface area contributed by atoms with Crippen LogP contribution in [0.4, 0.5) is 8.78 Å². The van der Waals surface area contributed by atoms with E-state index in [1.807, 2.05) is 12.1 Å². The number of aldehydes is 1. The van der Waals surface area contributed by atoms with Crippen LogP contribution in [0.3, 0.4) is 0 Å². The minimum absolute atomic E-state index is 0.0397. The van der Waals surface area contributed by atoms with Crippen LogP contribution >= 0.6 is 45.9 Å². The van der Waals surface area contributed by atoms with Gasteiger partial charge in [0.15, 0.2) is 0 Å². The summed E-state index contributed by atoms with van der Waals surface area (Å²) in [6, 6.07) is 15.8. The lowest BCUT2D eigenvalue weighted by Crippen LogP contribution is -2.30. The van der Waals surface area contributed by atoms with Gasteiger partial charge in [-0.1, -0.05) is 35.3 Å². The van der Waals surface area contributed by atoms with Crippen LogP contribution in [0.1, 0.15) is 78.4 Å². The molecule has 4 aromatic heterocycles. The number of hydrogen-bond donors (Lipinski definition) is 3. The summed E-state index contributed by atoms with van der Waals surface area (Å²) in [7, 11) is 0. The first kappa shape index (κ1) is 46.9. The van der Waals surface area contributed by atoms with Crippen LogP contribution in [-0.2, 0) is 67.7 Å². The summed E-state index contributed by atoms with van der Waals surface area (Å²) < 4.78 is 27.9. The topological polar surface area (TPSA) is 178 Å². The number of nitrogens with two attached hydrogens (primary N) is 2. The van der Waals surface area contributed by atoms with Crippen molar-refractivity contribution in [3.63, 3.8) is 0 Å². The lowest BCUT2D eigenvalue weighted by molar-refractivity contribution is -0.118. The number of carbonyl (C=O) groups is 5. The van der Waals surface area contributed by atoms with Crippen LogP contribution in [0.2, 0.25) is 10.0 Å². The molecule has 0 atom stereocenters. The number of carbonyl (C=O) groups excluding carboxylic acids is 5. The number of hydrogen-bond acceptors (Lipinski definition) is 11. The molecule has 326 valence electrons. The first-order valence-electron chi connectivity index (χ1n) is 19.7. The molecule has 11 nitrogen and oxygen atoms in total. The molecular formula is C46H42Cl2F2N6O5S2. The van der Waals surface area contributed by atoms with Crippen molar-refractivity contribution < 1.29 is 32.8 Å². The number of ketones is 2. The number of aromatic nitrogens is 2. The third-order valence-corrected chi connectivity index (χ3v) is 13.1. The maximum absolute atomic E-state index is 14.0. The molecule has 17 heteroatoms. The second kappa shape index (κ2) is 22.2. The molecule has 8 rings (SSSR count). The summed E-state index contributed by atoms with van der Waals surface area (Å²) in [6.07, 6.45) is 8.98. The van der Waals surface area contributed by atoms with Crippen molar-refractivity contribution in [3.8, 4) is 0 Å². The Balaban J connectivity index is 0.000000182. The minimum Gasteiger partial charge on any atom is -0.366 e. The Morgan fingerprint density at radius 3 is 1.71 bits per heavy atom. The number of primary amides is 2. The zero-order valence-corrected chi connectivity index (χ0v) is 36.9. The van der Waals surface area contributed by atoms with E-state index in [1.165, 1.54) is 52.5 Å². The maximum Gasteiger partial charge on any atom is 0.250 e. The largest absolute Gasteiger partial charge is 0.366 e. The SMILES string of the molecule is NC(=O)c1c(CC(=O)Cc2ccc(Cl)cc2F)sc2c1CCN(Cc1ccncc1)C2.NC(=O)c1c(CC(=O)Cc2ccc(Cl)cc2F)sc2c1CCNC2.O=Cc1ccncc1. The molecule has 0 radical (unpaired) electrons. The lowest BCUT2D eigenvalue weighted by atomic mass is 9.98. The van der Waals surface area contributed by atoms with Crippen LogP contribution in [0.15, 0.2) is 85.5 Å². The Bertz CT molecular complexity index is 2630. The van der Waals surface area contributed by atoms with Crippen LogP contribution in [0.25, 0.3) is 0 Å². The van der Waals surface area contributed by atoms with E-state index in [0.717, 1.165) is 53.2 Å². The minimum atomic E-state index is -0.513. The highest BCUT2D eigenvalue weighted by Gasteiger charge is 2.28. The van der Waals surface area contributed by atoms with Crippen LogP contribution in [-0.4, -0.2) is 57.6 Å². The van der Waals surface area contributed by atoms with E-state index in [0.29, 0.717) is 57.1 Å². The molecule has 0 spiro atoms. The van der Waals surface area contributed by atoms with Gasteiger partial charge in [-0.25, -0.2) is 8.78 Å². The normalized spacial score (nSPS) is 13.0. The van der Waals surface area contributed by atoms with Crippen molar-refractivity contribution in [2.24, 2.45) is 11.5 Å². The summed E-state index contributed by atoms with van der Waals surface area (Å²) >= 11 is 14.4. The number of Topliss-reactive ketones (excluding diaryl/α,β-unsaturated/α-hetero) is 2. The second-order valence-electron chi connectivity index (χ2n) is 14.7. The number of benzene rings is 2. The summed E-state index contributed by atoms with van der Waals surface area (Å²) in [5, 5.41) is 3.81. The fourth-order valence-electron chi connectivity index (χ4n) is 7.29. The van der Waals surface area contributed by atoms with E-state index in [2.05, 4.69) is 20.2 Å². The number of thiophene rings is 2. The predicted octanol–water partition coefficient (Wildman–Crippen LogP) is 7.48. The fraction of sp³-hybridized carbons (Fsp3) is 0.239. The number of pyridine rings is 2. The molecule has 0 saturated carbocycles. The number of amides is 2. The van der Waals surface area contributed by atoms with Crippen LogP contribution < -0.4 is 16.8 Å². The summed E-state index contributed by atoms with van der Waals surface area (Å²) in [6.45, 7) is 3.75. The molecule has 0 aliphatic carbocycles. The molecule has 0 saturated heterocycles. The quantitative estimate of drug-likeness (QED) is 0.0991. The highest BCUT2D eigenvalue weighted by molar-refractivity contribution is 7.13. The molecule has 63 heavy (non-hydrogen) atoms. The van der Waals surface area contributed by atoms with Gasteiger partial charge in [-0.2, -0.15) is 0 Å². The van der Waals surface area contributed by atoms with Crippen LogP contribution in [0, 0.1) is 11.6 Å². The third kappa shape index (κ3) is 12.8. The molecule has 2 aliphatic rings. The molecule has 2 aliphatic heterocycles. The molecule has 6 aromatic rings. The number of rotatable bonds is 13. The molecular weight excluding hydrogens is 890 g/mol. The molecule has 6 heterocycles. The van der Waals surface area contributed by atoms with Gasteiger partial charge < -0.3 is 16.8 Å². The second-order valence-corrected chi connectivity index (χ2v) is 18.0. The Morgan fingerprint density at radius 2 is 1.22 bits per heavy atom. The van der Waals surface area contributed by atoms with Crippen molar-refractivity contribution in [1.82, 2.24) is 20.2 Å². The summed E-state index contributed by atoms with van der Waals surface area (Å²) in [5.74, 6) is -2.36. The maximum atomic E-state index is 14.0. The number of fused-ring (bicyclic) bond motifs is 2. The van der Waals surface area contributed by atoms with Crippen LogP contribution in [0.5, 0.6) is 0 Å². The highest BCUT2D eigenvalue weighted by Crippen LogP contribution is 2.35. The van der Waals surface area contributed by atoms with Crippen molar-refractivity contribution >= 4 is 75.5 Å². The van der Waals surface area contributed by atoms with Gasteiger partial charge in [-0.3, -0.25) is 38.8 Å². The Morgan fingerprint density at radius 1 is 0.714 bits per heavy atom. The molecule has 2 aromatic carbocycles. The van der Waals surface area contributed by atoms with Crippen molar-refractivity contribution in [3.05, 3.63) is 171 Å². The van der Waals surface area contributed by atoms with Gasteiger partial charge in [0.25, 0.3) is 0 Å². The number of nitrogens with zero attached hydrogens (tertiary/aromatic N) is 3. The van der Waals surface area contributed by atoms with Gasteiger partial charge in [-0.15, -0.1) is 22.7 Å². The van der Waals surface area contributed by atoms with Gasteiger partial charge in [-0.05, 0) is 95.7 Å². The van der Waals surface area contributed by atoms with Gasteiger partial charge in [0.2, 0.25) is 11.8 Å². The molecule has 0 unspecified atom stereocenters. The van der Waals surface area contributed by atoms with Gasteiger partial charge in [0.05, 0.1) is 11.1 Å². The zero-order valence-electron chi connectivity index (χ0n) is 33.8. The monoisotopic (exact) mass is 930 g/mol. The first-order valence-corrected chi connectivity index (χ1v) is 22.1. The Labute approximate surface area is 380 Å². The number of halogens is 4. The third-order valence-electron chi connectivity index (χ3n) is 10.2. The summed E-state index contributed by atoms with van der Waals surface area (Å²) in [4.78, 5) is 72.5. The average Bonchev–Trinajstić information content (AvgIpc) is 3.81. The molecule has 0 fully saturated rings. The van der Waals surface area contributed by atoms with E-state index in [1.54, 1.807) is 49.1 Å². The number of nitrogens with one attached hydrogen (secondary N) is 1. The predicted molar refractivity (Wildman–Crippen MR) is 240 cm³/mol. The molecule has 5 N–H and O–H groups in total. The average molecular weight is 932 g/mol. The van der Waals surface area contributed by atoms with Gasteiger partial charge >= 0.3 is 0 Å². The summed E-state index contributed by atoms with van der Waals surface area (Å²) in [5.41, 5.74) is 16.5. The van der Waals surface area contributed by atoms with Crippen molar-refractivity contribution in [2.45, 2.75) is 58.2 Å². The van der Waals surface area contributed by atoms with Gasteiger partial charge in [0.1, 0.15) is 29.5 Å². The fourth-order valence-corrected chi connectivity index (χ4v) is 10.4. The van der Waals surface area contributed by atoms with Crippen molar-refractivity contribution in [2.75, 3.05) is 13.1 Å². The van der Waals surface area contributed by atoms with E-state index in [-0.39, 0.29) is 47.3 Å². The zero-order chi connectivity index (χ0) is 45.0. The smallest absolute Gasteiger partial charge is 0.250 e. The molecule has 2 amide bonds. The standard InChI is InChI=1S/C23H21ClFN3O2S.C17H16ClFN2O2S.C6H5NO/c24-16-2-1-15(19(25)10-16)9-17(29)11-20-22(23(26)30)18-5-8-28(13-21(18)31-20)12-14-3-6-27-7-4-14;18-10-2-1-9(13(19)6-10)5-11(22)7-14-16(17(20)23)12-3-4-21-8-15(12)24-14;8-5-6-1-3-7-4-2-6/h1-4,6-7,10H,5,8-9,11-13H2,(H2,26,30);1-2,6,21H,3-5,7-8H2,(H2,20,23);1-5H. The molecule has 0 bridgehead atoms.